The number of rotatable bonds is 5. The summed E-state index contributed by atoms with van der Waals surface area (Å²) >= 11 is 11.8. The molecule has 0 bridgehead atoms. The molecule has 1 atom stereocenters. The maximum absolute atomic E-state index is 12.2. The minimum absolute atomic E-state index is 0.0848. The van der Waals surface area contributed by atoms with Crippen LogP contribution in [0.5, 0.6) is 0 Å². The Balaban J connectivity index is 2.07. The topological polar surface area (TPSA) is 81.4 Å². The summed E-state index contributed by atoms with van der Waals surface area (Å²) in [5.74, 6) is -0.429. The molecular formula is C15H14Cl2N2O4. The molecule has 1 N–H and O–H groups in total. The molecule has 0 fully saturated rings. The van der Waals surface area contributed by atoms with Crippen LogP contribution in [0.4, 0.5) is 5.82 Å². The van der Waals surface area contributed by atoms with Crippen LogP contribution in [-0.2, 0) is 9.53 Å². The van der Waals surface area contributed by atoms with Crippen molar-refractivity contribution in [3.8, 4) is 0 Å². The fraction of sp³-hybridized carbons (Fsp3) is 0.267. The number of amides is 1. The Labute approximate surface area is 142 Å². The zero-order chi connectivity index (χ0) is 17.0. The molecular weight excluding hydrogens is 343 g/mol. The number of carbonyl (C=O) groups excluding carboxylic acids is 2. The molecule has 1 amide bonds. The molecule has 1 aromatic carbocycles. The average Bonchev–Trinajstić information content (AvgIpc) is 2.92. The van der Waals surface area contributed by atoms with Crippen LogP contribution in [0, 0.1) is 6.92 Å². The molecule has 0 unspecified atom stereocenters. The molecule has 0 saturated heterocycles. The summed E-state index contributed by atoms with van der Waals surface area (Å²) < 4.78 is 10.1. The zero-order valence-corrected chi connectivity index (χ0v) is 13.9. The molecule has 0 aliphatic carbocycles. The number of benzene rings is 1. The lowest BCUT2D eigenvalue weighted by atomic mass is 10.2. The number of hydrogen-bond acceptors (Lipinski definition) is 5. The first-order valence-corrected chi connectivity index (χ1v) is 7.57. The predicted molar refractivity (Wildman–Crippen MR) is 85.8 cm³/mol. The normalized spacial score (nSPS) is 11.8. The van der Waals surface area contributed by atoms with Crippen molar-refractivity contribution in [1.82, 2.24) is 5.16 Å². The molecule has 23 heavy (non-hydrogen) atoms. The van der Waals surface area contributed by atoms with E-state index in [0.717, 1.165) is 0 Å². The van der Waals surface area contributed by atoms with Gasteiger partial charge in [0.2, 0.25) is 0 Å². The molecule has 0 aliphatic heterocycles. The average molecular weight is 357 g/mol. The molecule has 0 spiro atoms. The van der Waals surface area contributed by atoms with E-state index in [-0.39, 0.29) is 27.8 Å². The lowest BCUT2D eigenvalue weighted by Gasteiger charge is -2.15. The number of aromatic nitrogens is 1. The number of ether oxygens (including phenoxy) is 1. The van der Waals surface area contributed by atoms with Gasteiger partial charge in [0.25, 0.3) is 5.91 Å². The Kier molecular flexibility index (Phi) is 5.63. The third kappa shape index (κ3) is 4.24. The van der Waals surface area contributed by atoms with Crippen molar-refractivity contribution >= 4 is 40.9 Å². The molecule has 6 nitrogen and oxygen atoms in total. The van der Waals surface area contributed by atoms with Crippen LogP contribution in [0.1, 0.15) is 29.5 Å². The quantitative estimate of drug-likeness (QED) is 0.822. The molecule has 2 rings (SSSR count). The number of nitrogens with one attached hydrogen (secondary N) is 1. The van der Waals surface area contributed by atoms with Gasteiger partial charge < -0.3 is 14.6 Å². The second-order valence-corrected chi connectivity index (χ2v) is 5.50. The first-order valence-electron chi connectivity index (χ1n) is 6.81. The maximum atomic E-state index is 12.2. The van der Waals surface area contributed by atoms with Crippen molar-refractivity contribution in [3.05, 3.63) is 45.6 Å². The van der Waals surface area contributed by atoms with Gasteiger partial charge in [0.1, 0.15) is 5.76 Å². The minimum atomic E-state index is -0.991. The van der Waals surface area contributed by atoms with Crippen molar-refractivity contribution in [2.75, 3.05) is 5.32 Å². The standard InChI is InChI=1S/C15H14Cl2N2O4/c1-3-11(14(20)18-12-7-8(2)23-19-12)22-15(21)9-5-4-6-10(16)13(9)17/h4-7,11H,3H2,1-2H3,(H,18,19,20)/t11-/m1/s1. The number of halogens is 2. The summed E-state index contributed by atoms with van der Waals surface area (Å²) in [6.07, 6.45) is -0.707. The smallest absolute Gasteiger partial charge is 0.340 e. The Morgan fingerprint density at radius 3 is 2.74 bits per heavy atom. The van der Waals surface area contributed by atoms with Gasteiger partial charge in [-0.05, 0) is 25.5 Å². The summed E-state index contributed by atoms with van der Waals surface area (Å²) in [6, 6.07) is 6.16. The Morgan fingerprint density at radius 2 is 2.13 bits per heavy atom. The summed E-state index contributed by atoms with van der Waals surface area (Å²) in [5, 5.41) is 6.48. The van der Waals surface area contributed by atoms with E-state index in [2.05, 4.69) is 10.5 Å². The number of hydrogen-bond donors (Lipinski definition) is 1. The summed E-state index contributed by atoms with van der Waals surface area (Å²) in [6.45, 7) is 3.41. The van der Waals surface area contributed by atoms with Crippen LogP contribution >= 0.6 is 23.2 Å². The van der Waals surface area contributed by atoms with E-state index in [1.807, 2.05) is 0 Å². The molecule has 1 aromatic heterocycles. The van der Waals surface area contributed by atoms with Crippen molar-refractivity contribution in [2.45, 2.75) is 26.4 Å². The van der Waals surface area contributed by atoms with E-state index in [1.165, 1.54) is 6.07 Å². The van der Waals surface area contributed by atoms with Gasteiger partial charge in [0, 0.05) is 6.07 Å². The highest BCUT2D eigenvalue weighted by Gasteiger charge is 2.24. The van der Waals surface area contributed by atoms with Gasteiger partial charge in [-0.1, -0.05) is 41.3 Å². The Hall–Kier alpha value is -2.05. The van der Waals surface area contributed by atoms with Gasteiger partial charge in [-0.15, -0.1) is 0 Å². The molecule has 2 aromatic rings. The van der Waals surface area contributed by atoms with Crippen molar-refractivity contribution < 1.29 is 18.8 Å². The molecule has 1 heterocycles. The summed E-state index contributed by atoms with van der Waals surface area (Å²) in [5.41, 5.74) is 0.0997. The second-order valence-electron chi connectivity index (χ2n) is 4.72. The number of anilines is 1. The van der Waals surface area contributed by atoms with Crippen LogP contribution in [0.25, 0.3) is 0 Å². The largest absolute Gasteiger partial charge is 0.449 e. The van der Waals surface area contributed by atoms with E-state index in [9.17, 15) is 9.59 Å². The SMILES string of the molecule is CC[C@@H](OC(=O)c1cccc(Cl)c1Cl)C(=O)Nc1cc(C)on1. The molecule has 8 heteroatoms. The van der Waals surface area contributed by atoms with Crippen LogP contribution in [0.15, 0.2) is 28.8 Å². The highest BCUT2D eigenvalue weighted by molar-refractivity contribution is 6.43. The van der Waals surface area contributed by atoms with Gasteiger partial charge >= 0.3 is 5.97 Å². The lowest BCUT2D eigenvalue weighted by molar-refractivity contribution is -0.124. The fourth-order valence-electron chi connectivity index (χ4n) is 1.81. The maximum Gasteiger partial charge on any atom is 0.340 e. The van der Waals surface area contributed by atoms with Gasteiger partial charge in [0.15, 0.2) is 11.9 Å². The number of aryl methyl sites for hydroxylation is 1. The van der Waals surface area contributed by atoms with Crippen molar-refractivity contribution in [3.63, 3.8) is 0 Å². The van der Waals surface area contributed by atoms with Gasteiger partial charge in [-0.3, -0.25) is 4.79 Å². The third-order valence-electron chi connectivity index (χ3n) is 2.96. The van der Waals surface area contributed by atoms with Crippen LogP contribution in [0.2, 0.25) is 10.0 Å². The first-order chi connectivity index (χ1) is 10.9. The zero-order valence-electron chi connectivity index (χ0n) is 12.4. The highest BCUT2D eigenvalue weighted by Crippen LogP contribution is 2.26. The van der Waals surface area contributed by atoms with Gasteiger partial charge in [-0.2, -0.15) is 0 Å². The molecule has 0 saturated carbocycles. The van der Waals surface area contributed by atoms with E-state index in [4.69, 9.17) is 32.5 Å². The van der Waals surface area contributed by atoms with Crippen LogP contribution in [-0.4, -0.2) is 23.1 Å². The first kappa shape index (κ1) is 17.3. The van der Waals surface area contributed by atoms with Crippen molar-refractivity contribution in [1.29, 1.82) is 0 Å². The van der Waals surface area contributed by atoms with Crippen LogP contribution < -0.4 is 5.32 Å². The number of carbonyl (C=O) groups is 2. The van der Waals surface area contributed by atoms with Gasteiger partial charge in [-0.25, -0.2) is 4.79 Å². The van der Waals surface area contributed by atoms with E-state index >= 15 is 0 Å². The van der Waals surface area contributed by atoms with Crippen LogP contribution in [0.3, 0.4) is 0 Å². The predicted octanol–water partition coefficient (Wildman–Crippen LogP) is 3.86. The van der Waals surface area contributed by atoms with E-state index < -0.39 is 18.0 Å². The monoisotopic (exact) mass is 356 g/mol. The lowest BCUT2D eigenvalue weighted by Crippen LogP contribution is -2.32. The van der Waals surface area contributed by atoms with E-state index in [1.54, 1.807) is 32.0 Å². The highest BCUT2D eigenvalue weighted by atomic mass is 35.5. The van der Waals surface area contributed by atoms with Gasteiger partial charge in [0.05, 0.1) is 15.6 Å². The van der Waals surface area contributed by atoms with Crippen molar-refractivity contribution in [2.24, 2.45) is 0 Å². The minimum Gasteiger partial charge on any atom is -0.449 e. The Bertz CT molecular complexity index is 730. The fourth-order valence-corrected chi connectivity index (χ4v) is 2.19. The number of esters is 1. The second kappa shape index (κ2) is 7.48. The molecule has 122 valence electrons. The molecule has 0 radical (unpaired) electrons. The number of nitrogens with zero attached hydrogens (tertiary/aromatic N) is 1. The summed E-state index contributed by atoms with van der Waals surface area (Å²) in [7, 11) is 0. The Morgan fingerprint density at radius 1 is 1.39 bits per heavy atom. The van der Waals surface area contributed by atoms with E-state index in [0.29, 0.717) is 5.76 Å². The molecule has 0 aliphatic rings. The third-order valence-corrected chi connectivity index (χ3v) is 3.78. The summed E-state index contributed by atoms with van der Waals surface area (Å²) in [4.78, 5) is 24.3.